The van der Waals surface area contributed by atoms with Gasteiger partial charge in [0.2, 0.25) is 11.0 Å². The fraction of sp³-hybridized carbons (Fsp3) is 0.286. The molecule has 7 nitrogen and oxygen atoms in total. The third kappa shape index (κ3) is 6.93. The van der Waals surface area contributed by atoms with Crippen molar-refractivity contribution in [3.8, 4) is 5.75 Å². The van der Waals surface area contributed by atoms with Crippen LogP contribution in [0.5, 0.6) is 5.75 Å². The molecule has 0 aliphatic carbocycles. The first-order chi connectivity index (χ1) is 14.4. The number of aryl methyl sites for hydroxylation is 2. The van der Waals surface area contributed by atoms with E-state index in [1.165, 1.54) is 11.3 Å². The van der Waals surface area contributed by atoms with Crippen molar-refractivity contribution in [2.24, 2.45) is 0 Å². The van der Waals surface area contributed by atoms with Crippen LogP contribution in [0.3, 0.4) is 0 Å². The number of amides is 1. The van der Waals surface area contributed by atoms with Gasteiger partial charge in [0.25, 0.3) is 0 Å². The van der Waals surface area contributed by atoms with E-state index in [9.17, 15) is 13.2 Å². The molecule has 0 atom stereocenters. The molecule has 1 N–H and O–H groups in total. The van der Waals surface area contributed by atoms with Crippen molar-refractivity contribution in [3.63, 3.8) is 0 Å². The van der Waals surface area contributed by atoms with E-state index in [2.05, 4.69) is 15.5 Å². The molecular weight excluding hydrogens is 422 g/mol. The second-order valence-electron chi connectivity index (χ2n) is 6.72. The number of methoxy groups -OCH3 is 1. The van der Waals surface area contributed by atoms with E-state index in [4.69, 9.17) is 4.74 Å². The molecule has 0 aliphatic heterocycles. The molecule has 0 spiro atoms. The van der Waals surface area contributed by atoms with Gasteiger partial charge in [-0.25, -0.2) is 8.42 Å². The number of aromatic nitrogens is 2. The lowest BCUT2D eigenvalue weighted by molar-refractivity contribution is -0.115. The highest BCUT2D eigenvalue weighted by Gasteiger charge is 2.16. The minimum Gasteiger partial charge on any atom is -0.497 e. The second kappa shape index (κ2) is 10.3. The molecule has 1 aromatic heterocycles. The Labute approximate surface area is 180 Å². The summed E-state index contributed by atoms with van der Waals surface area (Å²) >= 11 is 1.30. The molecule has 0 radical (unpaired) electrons. The van der Waals surface area contributed by atoms with Crippen molar-refractivity contribution >= 4 is 32.2 Å². The Morgan fingerprint density at radius 1 is 1.00 bits per heavy atom. The van der Waals surface area contributed by atoms with Crippen LogP contribution < -0.4 is 10.1 Å². The molecule has 0 unspecified atom stereocenters. The Hall–Kier alpha value is -2.78. The van der Waals surface area contributed by atoms with Crippen molar-refractivity contribution in [2.75, 3.05) is 18.2 Å². The van der Waals surface area contributed by atoms with Gasteiger partial charge in [0, 0.05) is 12.8 Å². The van der Waals surface area contributed by atoms with Gasteiger partial charge in [0.05, 0.1) is 18.6 Å². The number of benzene rings is 2. The van der Waals surface area contributed by atoms with Gasteiger partial charge in [0.15, 0.2) is 9.84 Å². The van der Waals surface area contributed by atoms with Crippen LogP contribution in [0, 0.1) is 0 Å². The number of hydrogen-bond acceptors (Lipinski definition) is 7. The zero-order valence-corrected chi connectivity index (χ0v) is 18.2. The maximum absolute atomic E-state index is 12.2. The maximum Gasteiger partial charge on any atom is 0.227 e. The number of rotatable bonds is 10. The molecule has 3 rings (SSSR count). The number of carbonyl (C=O) groups excluding carboxylic acids is 1. The molecule has 2 aromatic carbocycles. The molecule has 30 heavy (non-hydrogen) atoms. The summed E-state index contributed by atoms with van der Waals surface area (Å²) in [7, 11) is -1.73. The van der Waals surface area contributed by atoms with Crippen LogP contribution in [0.25, 0.3) is 0 Å². The van der Waals surface area contributed by atoms with Gasteiger partial charge < -0.3 is 10.1 Å². The summed E-state index contributed by atoms with van der Waals surface area (Å²) in [6.45, 7) is 0. The smallest absolute Gasteiger partial charge is 0.227 e. The van der Waals surface area contributed by atoms with Gasteiger partial charge in [0.1, 0.15) is 10.8 Å². The number of anilines is 1. The highest BCUT2D eigenvalue weighted by Crippen LogP contribution is 2.19. The summed E-state index contributed by atoms with van der Waals surface area (Å²) in [5.41, 5.74) is 1.86. The van der Waals surface area contributed by atoms with Crippen LogP contribution in [-0.4, -0.2) is 37.4 Å². The average molecular weight is 446 g/mol. The van der Waals surface area contributed by atoms with Gasteiger partial charge in [-0.1, -0.05) is 53.8 Å². The molecular formula is C21H23N3O4S2. The number of nitrogens with zero attached hydrogens (tertiary/aromatic N) is 2. The third-order valence-electron chi connectivity index (χ3n) is 4.37. The Kier molecular flexibility index (Phi) is 7.53. The third-order valence-corrected chi connectivity index (χ3v) is 6.87. The molecule has 3 aromatic rings. The fourth-order valence-electron chi connectivity index (χ4n) is 2.78. The van der Waals surface area contributed by atoms with Gasteiger partial charge in [-0.05, 0) is 29.7 Å². The van der Waals surface area contributed by atoms with E-state index in [-0.39, 0.29) is 23.8 Å². The van der Waals surface area contributed by atoms with Gasteiger partial charge in [-0.2, -0.15) is 0 Å². The van der Waals surface area contributed by atoms with Crippen molar-refractivity contribution in [3.05, 3.63) is 70.7 Å². The second-order valence-corrected chi connectivity index (χ2v) is 9.97. The summed E-state index contributed by atoms with van der Waals surface area (Å²) in [4.78, 5) is 12.1. The minimum atomic E-state index is -3.36. The number of ether oxygens (including phenoxy) is 1. The van der Waals surface area contributed by atoms with Crippen LogP contribution in [0.1, 0.15) is 22.6 Å². The molecule has 0 bridgehead atoms. The van der Waals surface area contributed by atoms with Crippen molar-refractivity contribution in [2.45, 2.75) is 25.0 Å². The Morgan fingerprint density at radius 3 is 2.43 bits per heavy atom. The highest BCUT2D eigenvalue weighted by atomic mass is 32.2. The summed E-state index contributed by atoms with van der Waals surface area (Å²) < 4.78 is 29.6. The zero-order chi connectivity index (χ0) is 21.4. The fourth-order valence-corrected chi connectivity index (χ4v) is 4.88. The lowest BCUT2D eigenvalue weighted by Crippen LogP contribution is -2.18. The van der Waals surface area contributed by atoms with Crippen molar-refractivity contribution in [1.82, 2.24) is 10.2 Å². The zero-order valence-electron chi connectivity index (χ0n) is 16.6. The van der Waals surface area contributed by atoms with Crippen molar-refractivity contribution in [1.29, 1.82) is 0 Å². The predicted molar refractivity (Wildman–Crippen MR) is 117 cm³/mol. The van der Waals surface area contributed by atoms with E-state index >= 15 is 0 Å². The summed E-state index contributed by atoms with van der Waals surface area (Å²) in [6.07, 6.45) is 1.38. The highest BCUT2D eigenvalue weighted by molar-refractivity contribution is 7.90. The Morgan fingerprint density at radius 2 is 1.73 bits per heavy atom. The number of sulfone groups is 1. The van der Waals surface area contributed by atoms with Crippen LogP contribution >= 0.6 is 11.3 Å². The number of nitrogens with one attached hydrogen (secondary N) is 1. The van der Waals surface area contributed by atoms with E-state index in [0.717, 1.165) is 22.7 Å². The molecule has 0 fully saturated rings. The Bertz CT molecular complexity index is 1070. The molecule has 9 heteroatoms. The maximum atomic E-state index is 12.2. The lowest BCUT2D eigenvalue weighted by Gasteiger charge is -2.04. The summed E-state index contributed by atoms with van der Waals surface area (Å²) in [5, 5.41) is 11.9. The van der Waals surface area contributed by atoms with Crippen molar-refractivity contribution < 1.29 is 17.9 Å². The Balaban J connectivity index is 1.44. The van der Waals surface area contributed by atoms with E-state index < -0.39 is 9.84 Å². The first kappa shape index (κ1) is 21.9. The molecule has 1 heterocycles. The molecule has 0 saturated heterocycles. The lowest BCUT2D eigenvalue weighted by atomic mass is 10.1. The SMILES string of the molecule is COc1ccc(CCc2nnc(NC(=O)CCS(=O)(=O)Cc3ccccc3)s2)cc1. The molecule has 158 valence electrons. The van der Waals surface area contributed by atoms with Crippen LogP contribution in [-0.2, 0) is 33.2 Å². The van der Waals surface area contributed by atoms with Gasteiger partial charge in [-0.15, -0.1) is 10.2 Å². The molecule has 0 aliphatic rings. The minimum absolute atomic E-state index is 0.0740. The number of hydrogen-bond donors (Lipinski definition) is 1. The van der Waals surface area contributed by atoms with E-state index in [0.29, 0.717) is 17.1 Å². The monoisotopic (exact) mass is 445 g/mol. The normalized spacial score (nSPS) is 11.2. The topological polar surface area (TPSA) is 98.2 Å². The van der Waals surface area contributed by atoms with E-state index in [1.54, 1.807) is 31.4 Å². The first-order valence-electron chi connectivity index (χ1n) is 9.43. The van der Waals surface area contributed by atoms with E-state index in [1.807, 2.05) is 30.3 Å². The van der Waals surface area contributed by atoms with Crippen LogP contribution in [0.15, 0.2) is 54.6 Å². The number of carbonyl (C=O) groups is 1. The summed E-state index contributed by atoms with van der Waals surface area (Å²) in [6, 6.07) is 16.7. The standard InChI is InChI=1S/C21H23N3O4S2/c1-28-18-10-7-16(8-11-18)9-12-20-23-24-21(29-20)22-19(25)13-14-30(26,27)15-17-5-3-2-4-6-17/h2-8,10-11H,9,12-15H2,1H3,(H,22,24,25). The predicted octanol–water partition coefficient (Wildman–Crippen LogP) is 3.28. The van der Waals surface area contributed by atoms with Crippen LogP contribution in [0.2, 0.25) is 0 Å². The van der Waals surface area contributed by atoms with Crippen LogP contribution in [0.4, 0.5) is 5.13 Å². The van der Waals surface area contributed by atoms with Gasteiger partial charge in [-0.3, -0.25) is 4.79 Å². The average Bonchev–Trinajstić information content (AvgIpc) is 3.19. The summed E-state index contributed by atoms with van der Waals surface area (Å²) in [5.74, 6) is 0.140. The first-order valence-corrected chi connectivity index (χ1v) is 12.1. The molecule has 1 amide bonds. The largest absolute Gasteiger partial charge is 0.497 e. The van der Waals surface area contributed by atoms with Gasteiger partial charge >= 0.3 is 0 Å². The quantitative estimate of drug-likeness (QED) is 0.514. The molecule has 0 saturated carbocycles.